The van der Waals surface area contributed by atoms with Crippen LogP contribution in [0.3, 0.4) is 0 Å². The molecular formula is C23H30ClN7O6S. The highest BCUT2D eigenvalue weighted by atomic mass is 35.5. The maximum absolute atomic E-state index is 12.2. The van der Waals surface area contributed by atoms with Gasteiger partial charge in [-0.15, -0.1) is 11.3 Å². The molecule has 2 aromatic heterocycles. The topological polar surface area (TPSA) is 157 Å². The number of aliphatic hydroxyl groups excluding tert-OH is 2. The normalized spacial score (nSPS) is 24.7. The molecule has 1 aliphatic rings. The van der Waals surface area contributed by atoms with E-state index in [4.69, 9.17) is 25.8 Å². The van der Waals surface area contributed by atoms with Gasteiger partial charge < -0.3 is 24.4 Å². The first kappa shape index (κ1) is 28.3. The number of hydrogen-bond donors (Lipinski definition) is 2. The number of thiazole rings is 1. The molecule has 3 aromatic rings. The van der Waals surface area contributed by atoms with E-state index in [1.165, 1.54) is 18.4 Å². The third kappa shape index (κ3) is 5.80. The molecule has 0 amide bonds. The number of alkyl halides is 1. The minimum atomic E-state index is -1.30. The Balaban J connectivity index is 1.79. The summed E-state index contributed by atoms with van der Waals surface area (Å²) in [4.78, 5) is 21.2. The highest BCUT2D eigenvalue weighted by Gasteiger charge is 2.51. The number of aliphatic hydroxyl groups is 2. The van der Waals surface area contributed by atoms with Crippen LogP contribution in [-0.4, -0.2) is 97.7 Å². The third-order valence-corrected chi connectivity index (χ3v) is 7.11. The maximum Gasteiger partial charge on any atom is 0.332 e. The molecule has 0 aliphatic carbocycles. The molecule has 0 bridgehead atoms. The maximum atomic E-state index is 12.2. The Morgan fingerprint density at radius 3 is 2.89 bits per heavy atom. The number of hydrogen-bond acceptors (Lipinski definition) is 12. The van der Waals surface area contributed by atoms with Crippen molar-refractivity contribution in [1.82, 2.24) is 24.8 Å². The van der Waals surface area contributed by atoms with Crippen LogP contribution >= 0.6 is 22.9 Å². The van der Waals surface area contributed by atoms with E-state index in [-0.39, 0.29) is 6.61 Å². The molecule has 1 unspecified atom stereocenters. The van der Waals surface area contributed by atoms with Crippen LogP contribution in [0.15, 0.2) is 34.9 Å². The highest BCUT2D eigenvalue weighted by Crippen LogP contribution is 2.38. The second kappa shape index (κ2) is 12.4. The standard InChI is InChI=1S/C23H30ClN7O6S/c1-5-35-18(33)10-36-21-19(30(12(2)24)29-25-4)20(34)16(9-32)37-22(21)23-26-11-27-31(23)14-6-7-15-17(8-14)38-13(3)28-15/h6-8,11-12,16,19-22,32,34H,5,9-10H2,1-4H3/b29-25-/t12?,16-,19+,20+,21-,22-/m1/s1. The van der Waals surface area contributed by atoms with Crippen LogP contribution in [0.5, 0.6) is 0 Å². The van der Waals surface area contributed by atoms with E-state index in [1.54, 1.807) is 29.9 Å². The number of halogens is 1. The van der Waals surface area contributed by atoms with Crippen LogP contribution in [0.4, 0.5) is 0 Å². The summed E-state index contributed by atoms with van der Waals surface area (Å²) in [5.74, 6) is -0.274. The van der Waals surface area contributed by atoms with Crippen LogP contribution < -0.4 is 0 Å². The smallest absolute Gasteiger partial charge is 0.332 e. The average Bonchev–Trinajstić information content (AvgIpc) is 3.51. The minimum Gasteiger partial charge on any atom is -0.464 e. The Labute approximate surface area is 228 Å². The van der Waals surface area contributed by atoms with Gasteiger partial charge in [-0.05, 0) is 39.0 Å². The molecule has 13 nitrogen and oxygen atoms in total. The van der Waals surface area contributed by atoms with Crippen molar-refractivity contribution in [2.75, 3.05) is 26.9 Å². The molecule has 4 rings (SSSR count). The number of aryl methyl sites for hydroxylation is 1. The van der Waals surface area contributed by atoms with Gasteiger partial charge in [0, 0.05) is 0 Å². The van der Waals surface area contributed by atoms with Crippen molar-refractivity contribution in [3.63, 3.8) is 0 Å². The molecule has 15 heteroatoms. The van der Waals surface area contributed by atoms with Gasteiger partial charge in [0.15, 0.2) is 5.82 Å². The van der Waals surface area contributed by atoms with Crippen LogP contribution in [0.25, 0.3) is 15.9 Å². The van der Waals surface area contributed by atoms with Crippen LogP contribution in [0.1, 0.15) is 30.8 Å². The molecule has 1 fully saturated rings. The van der Waals surface area contributed by atoms with Crippen LogP contribution in [0.2, 0.25) is 0 Å². The molecule has 206 valence electrons. The minimum absolute atomic E-state index is 0.175. The van der Waals surface area contributed by atoms with Gasteiger partial charge in [0.2, 0.25) is 0 Å². The summed E-state index contributed by atoms with van der Waals surface area (Å²) in [7, 11) is 1.46. The first-order valence-corrected chi connectivity index (χ1v) is 13.3. The third-order valence-electron chi connectivity index (χ3n) is 5.98. The molecule has 0 radical (unpaired) electrons. The Morgan fingerprint density at radius 2 is 2.21 bits per heavy atom. The molecule has 1 saturated heterocycles. The Hall–Kier alpha value is -2.75. The first-order chi connectivity index (χ1) is 18.3. The summed E-state index contributed by atoms with van der Waals surface area (Å²) in [5.41, 5.74) is 0.822. The van der Waals surface area contributed by atoms with Gasteiger partial charge in [0.25, 0.3) is 0 Å². The van der Waals surface area contributed by atoms with Gasteiger partial charge in [0.05, 0.1) is 41.2 Å². The number of benzene rings is 1. The van der Waals surface area contributed by atoms with Crippen molar-refractivity contribution in [1.29, 1.82) is 0 Å². The Kier molecular flexibility index (Phi) is 9.23. The molecule has 0 saturated carbocycles. The van der Waals surface area contributed by atoms with Crippen LogP contribution in [-0.2, 0) is 19.0 Å². The van der Waals surface area contributed by atoms with E-state index < -0.39 is 55.1 Å². The molecule has 1 aromatic carbocycles. The van der Waals surface area contributed by atoms with Gasteiger partial charge in [-0.2, -0.15) is 10.2 Å². The zero-order valence-electron chi connectivity index (χ0n) is 21.3. The molecule has 3 heterocycles. The number of aromatic nitrogens is 4. The zero-order valence-corrected chi connectivity index (χ0v) is 22.9. The second-order valence-electron chi connectivity index (χ2n) is 8.50. The number of esters is 1. The number of ether oxygens (including phenoxy) is 3. The monoisotopic (exact) mass is 567 g/mol. The lowest BCUT2D eigenvalue weighted by Crippen LogP contribution is -2.63. The quantitative estimate of drug-likeness (QED) is 0.122. The number of carbonyl (C=O) groups excluding carboxylic acids is 1. The lowest BCUT2D eigenvalue weighted by molar-refractivity contribution is -0.235. The average molecular weight is 568 g/mol. The summed E-state index contributed by atoms with van der Waals surface area (Å²) in [5, 5.41) is 35.9. The summed E-state index contributed by atoms with van der Waals surface area (Å²) in [6, 6.07) is 4.69. The Bertz CT molecular complexity index is 1270. The SMILES string of the molecule is CCOC(=O)CO[C@@H]1[C@@H](N(/N=N\C)C(C)Cl)[C@@H](O)[C@@H](CO)O[C@H]1c1ncnn1-c1ccc2nc(C)sc2c1. The molecule has 38 heavy (non-hydrogen) atoms. The predicted molar refractivity (Wildman–Crippen MR) is 138 cm³/mol. The van der Waals surface area contributed by atoms with E-state index in [0.717, 1.165) is 15.2 Å². The van der Waals surface area contributed by atoms with E-state index in [1.807, 2.05) is 25.1 Å². The van der Waals surface area contributed by atoms with Gasteiger partial charge in [-0.1, -0.05) is 16.8 Å². The van der Waals surface area contributed by atoms with E-state index >= 15 is 0 Å². The van der Waals surface area contributed by atoms with Gasteiger partial charge >= 0.3 is 5.97 Å². The highest BCUT2D eigenvalue weighted by molar-refractivity contribution is 7.18. The van der Waals surface area contributed by atoms with Crippen molar-refractivity contribution in [3.05, 3.63) is 35.4 Å². The van der Waals surface area contributed by atoms with Crippen LogP contribution in [0, 0.1) is 6.92 Å². The summed E-state index contributed by atoms with van der Waals surface area (Å²) >= 11 is 7.97. The summed E-state index contributed by atoms with van der Waals surface area (Å²) in [6.45, 7) is 4.51. The number of nitrogens with zero attached hydrogens (tertiary/aromatic N) is 7. The van der Waals surface area contributed by atoms with Crippen molar-refractivity contribution in [2.45, 2.75) is 56.7 Å². The number of fused-ring (bicyclic) bond motifs is 1. The fourth-order valence-electron chi connectivity index (χ4n) is 4.43. The second-order valence-corrected chi connectivity index (χ2v) is 10.4. The fourth-order valence-corrected chi connectivity index (χ4v) is 5.46. The van der Waals surface area contributed by atoms with Gasteiger partial charge in [-0.25, -0.2) is 19.4 Å². The predicted octanol–water partition coefficient (Wildman–Crippen LogP) is 2.18. The van der Waals surface area contributed by atoms with Crippen molar-refractivity contribution in [2.24, 2.45) is 10.3 Å². The van der Waals surface area contributed by atoms with Crippen molar-refractivity contribution < 1.29 is 29.2 Å². The summed E-state index contributed by atoms with van der Waals surface area (Å²) < 4.78 is 19.7. The summed E-state index contributed by atoms with van der Waals surface area (Å²) in [6.07, 6.45) is -3.02. The fraction of sp³-hybridized carbons (Fsp3) is 0.565. The molecule has 6 atom stereocenters. The Morgan fingerprint density at radius 1 is 1.42 bits per heavy atom. The van der Waals surface area contributed by atoms with Gasteiger partial charge in [-0.3, -0.25) is 5.01 Å². The molecule has 2 N–H and O–H groups in total. The van der Waals surface area contributed by atoms with Crippen molar-refractivity contribution >= 4 is 39.1 Å². The lowest BCUT2D eigenvalue weighted by Gasteiger charge is -2.47. The van der Waals surface area contributed by atoms with E-state index in [9.17, 15) is 15.0 Å². The molecular weight excluding hydrogens is 538 g/mol. The van der Waals surface area contributed by atoms with E-state index in [2.05, 4.69) is 25.4 Å². The lowest BCUT2D eigenvalue weighted by atomic mass is 9.91. The molecule has 1 aliphatic heterocycles. The number of rotatable bonds is 10. The largest absolute Gasteiger partial charge is 0.464 e. The first-order valence-electron chi connectivity index (χ1n) is 12.0. The number of carbonyl (C=O) groups is 1. The zero-order chi connectivity index (χ0) is 27.4. The van der Waals surface area contributed by atoms with Crippen molar-refractivity contribution in [3.8, 4) is 5.69 Å². The van der Waals surface area contributed by atoms with Gasteiger partial charge in [0.1, 0.15) is 48.9 Å². The molecule has 0 spiro atoms. The van der Waals surface area contributed by atoms with E-state index in [0.29, 0.717) is 11.5 Å².